The van der Waals surface area contributed by atoms with Crippen LogP contribution in [0, 0.1) is 0 Å². The van der Waals surface area contributed by atoms with Gasteiger partial charge in [-0.3, -0.25) is 0 Å². The van der Waals surface area contributed by atoms with Crippen molar-refractivity contribution < 1.29 is 46.4 Å². The van der Waals surface area contributed by atoms with Gasteiger partial charge in [-0.25, -0.2) is 0 Å². The molecule has 5 heavy (non-hydrogen) atoms. The molecule has 0 saturated heterocycles. The van der Waals surface area contributed by atoms with Gasteiger partial charge in [0.25, 0.3) is 0 Å². The minimum Gasteiger partial charge on any atom is -1.00 e. The molecule has 0 aliphatic carbocycles. The van der Waals surface area contributed by atoms with E-state index < -0.39 is 0 Å². The first-order valence-corrected chi connectivity index (χ1v) is 0. The molecule has 0 atom stereocenters. The second-order valence-electron chi connectivity index (χ2n) is 0. The van der Waals surface area contributed by atoms with Crippen molar-refractivity contribution in [3.05, 3.63) is 0 Å². The van der Waals surface area contributed by atoms with Crippen molar-refractivity contribution in [2.45, 2.75) is 0 Å². The van der Waals surface area contributed by atoms with Gasteiger partial charge in [0.05, 0.1) is 0 Å². The van der Waals surface area contributed by atoms with Crippen molar-refractivity contribution in [2.75, 3.05) is 0 Å². The van der Waals surface area contributed by atoms with Crippen LogP contribution in [-0.2, 0) is 0 Å². The maximum Gasteiger partial charge on any atom is 2.00 e. The van der Waals surface area contributed by atoms with Crippen LogP contribution in [0.4, 0.5) is 0 Å². The van der Waals surface area contributed by atoms with E-state index in [0.29, 0.717) is 0 Å². The van der Waals surface area contributed by atoms with Gasteiger partial charge in [0.1, 0.15) is 0 Å². The van der Waals surface area contributed by atoms with Crippen LogP contribution in [0.1, 0.15) is 0 Å². The molecule has 24 valence electrons. The Morgan fingerprint density at radius 3 is 0.600 bits per heavy atom. The summed E-state index contributed by atoms with van der Waals surface area (Å²) >= 11 is 0. The van der Waals surface area contributed by atoms with Crippen LogP contribution in [0.2, 0.25) is 0 Å². The average Bonchev–Trinajstić information content (AvgIpc) is 0. The second kappa shape index (κ2) is 25.1. The van der Waals surface area contributed by atoms with Crippen molar-refractivity contribution >= 4 is 75.5 Å². The third-order valence-electron chi connectivity index (χ3n) is 0. The zero-order valence-electron chi connectivity index (χ0n) is 2.55. The Morgan fingerprint density at radius 2 is 0.600 bits per heavy atom. The van der Waals surface area contributed by atoms with Gasteiger partial charge in [-0.1, -0.05) is 0 Å². The molecule has 0 bridgehead atoms. The van der Waals surface area contributed by atoms with Crippen LogP contribution in [0.3, 0.4) is 0 Å². The first kappa shape index (κ1) is 37.3. The summed E-state index contributed by atoms with van der Waals surface area (Å²) in [5.41, 5.74) is 0. The quantitative estimate of drug-likeness (QED) is 0.385. The van der Waals surface area contributed by atoms with Crippen molar-refractivity contribution in [3.63, 3.8) is 0 Å². The largest absolute Gasteiger partial charge is 2.00 e. The van der Waals surface area contributed by atoms with Crippen LogP contribution < -0.4 is 46.4 Å². The van der Waals surface area contributed by atoms with Gasteiger partial charge < -0.3 is 46.4 Å². The zero-order chi connectivity index (χ0) is 0. The Morgan fingerprint density at radius 1 is 0.600 bits per heavy atom. The minimum atomic E-state index is 0. The van der Waals surface area contributed by atoms with Gasteiger partial charge in [0.15, 0.2) is 0 Å². The number of hydrogen-bond acceptors (Lipinski definition) is 0. The molecule has 0 amide bonds. The van der Waals surface area contributed by atoms with E-state index in [4.69, 9.17) is 0 Å². The predicted octanol–water partition coefficient (Wildman–Crippen LogP) is -9.75. The maximum absolute atomic E-state index is 0. The van der Waals surface area contributed by atoms with Crippen molar-refractivity contribution in [1.82, 2.24) is 0 Å². The first-order chi connectivity index (χ1) is 0. The molecule has 0 radical (unpaired) electrons. The van der Waals surface area contributed by atoms with Crippen molar-refractivity contribution in [1.29, 1.82) is 0 Å². The molecule has 0 saturated carbocycles. The second-order valence-corrected chi connectivity index (χ2v) is 0. The van der Waals surface area contributed by atoms with Crippen LogP contribution >= 0.6 is 0 Å². The molecule has 0 spiro atoms. The summed E-state index contributed by atoms with van der Waals surface area (Å²) in [6, 6.07) is 0. The smallest absolute Gasteiger partial charge is 1.00 e. The van der Waals surface area contributed by atoms with E-state index in [9.17, 15) is 0 Å². The summed E-state index contributed by atoms with van der Waals surface area (Å²) in [7, 11) is 0. The molecule has 0 aromatic rings. The molecule has 0 aromatic heterocycles. The molecule has 0 heterocycles. The van der Waals surface area contributed by atoms with Gasteiger partial charge in [0, 0.05) is 0 Å². The van der Waals surface area contributed by atoms with Gasteiger partial charge in [-0.2, -0.15) is 0 Å². The Labute approximate surface area is 119 Å². The maximum atomic E-state index is 0. The van der Waals surface area contributed by atoms with Crippen molar-refractivity contribution in [3.8, 4) is 0 Å². The molecule has 0 nitrogen and oxygen atoms in total. The van der Waals surface area contributed by atoms with E-state index >= 15 is 0 Å². The van der Waals surface area contributed by atoms with Crippen LogP contribution in [-0.4, -0.2) is 75.5 Å². The molecule has 5 heteroatoms. The molecule has 0 fully saturated rings. The molecule has 0 aromatic carbocycles. The van der Waals surface area contributed by atoms with Gasteiger partial charge in [0.2, 0.25) is 0 Å². The monoisotopic (exact) mass is 273 g/mol. The fourth-order valence-electron chi connectivity index (χ4n) is 0. The van der Waals surface area contributed by atoms with E-state index in [1.807, 2.05) is 0 Å². The van der Waals surface area contributed by atoms with Crippen LogP contribution in [0.5, 0.6) is 0 Å². The van der Waals surface area contributed by atoms with Crippen molar-refractivity contribution in [2.24, 2.45) is 0 Å². The predicted molar refractivity (Wildman–Crippen MR) is 11.5 cm³/mol. The van der Waals surface area contributed by atoms with Gasteiger partial charge in [-0.15, -0.1) is 0 Å². The van der Waals surface area contributed by atoms with Gasteiger partial charge in [-0.05, 0) is 0 Å². The topological polar surface area (TPSA) is 0 Å². The summed E-state index contributed by atoms with van der Waals surface area (Å²) < 4.78 is 0. The molecule has 0 rings (SSSR count). The SMILES string of the molecule is [Br-].[Br-].[Ca+2].[Ca+2].[Cl-]. The third-order valence-corrected chi connectivity index (χ3v) is 0. The Hall–Kier alpha value is 3.77. The van der Waals surface area contributed by atoms with E-state index in [-0.39, 0.29) is 122 Å². The molecule has 0 N–H and O–H groups in total. The number of rotatable bonds is 0. The molecular formula is Br2Ca2Cl+. The number of hydrogen-bond donors (Lipinski definition) is 0. The van der Waals surface area contributed by atoms with E-state index in [2.05, 4.69) is 0 Å². The molecule has 0 aliphatic heterocycles. The fraction of sp³-hybridized carbons (Fsp3) is 0. The summed E-state index contributed by atoms with van der Waals surface area (Å²) in [4.78, 5) is 0. The van der Waals surface area contributed by atoms with E-state index in [1.165, 1.54) is 0 Å². The van der Waals surface area contributed by atoms with E-state index in [1.54, 1.807) is 0 Å². The van der Waals surface area contributed by atoms with Crippen LogP contribution in [0.25, 0.3) is 0 Å². The molecular weight excluding hydrogens is 275 g/mol. The summed E-state index contributed by atoms with van der Waals surface area (Å²) in [6.45, 7) is 0. The average molecular weight is 275 g/mol. The standard InChI is InChI=1S/2BrH.2Ca.ClH/h2*1H;;;1H/q;;2*+2;/p-3. The Kier molecular flexibility index (Phi) is 187. The zero-order valence-corrected chi connectivity index (χ0v) is 10.9. The molecule has 0 unspecified atom stereocenters. The minimum absolute atomic E-state index is 0. The Bertz CT molecular complexity index is 7.61. The van der Waals surface area contributed by atoms with Gasteiger partial charge >= 0.3 is 75.5 Å². The fourth-order valence-corrected chi connectivity index (χ4v) is 0. The normalized spacial score (nSPS) is 0. The summed E-state index contributed by atoms with van der Waals surface area (Å²) in [5.74, 6) is 0. The van der Waals surface area contributed by atoms with Crippen LogP contribution in [0.15, 0.2) is 0 Å². The summed E-state index contributed by atoms with van der Waals surface area (Å²) in [5, 5.41) is 0. The van der Waals surface area contributed by atoms with E-state index in [0.717, 1.165) is 0 Å². The number of halogens is 3. The Balaban J connectivity index is 0. The summed E-state index contributed by atoms with van der Waals surface area (Å²) in [6.07, 6.45) is 0. The third kappa shape index (κ3) is 18.2. The molecule has 0 aliphatic rings. The first-order valence-electron chi connectivity index (χ1n) is 0.